The summed E-state index contributed by atoms with van der Waals surface area (Å²) < 4.78 is 64.0. The first-order chi connectivity index (χ1) is 13.4. The number of carbonyl (C=O) groups is 3. The third-order valence-electron chi connectivity index (χ3n) is 3.92. The second-order valence-corrected chi connectivity index (χ2v) is 7.91. The molecule has 1 saturated heterocycles. The molecule has 1 unspecified atom stereocenters. The molecule has 1 aromatic carbocycles. The molecular formula is C16H19F3N4O5S. The lowest BCUT2D eigenvalue weighted by atomic mass is 10.0. The molecule has 1 aliphatic heterocycles. The maximum absolute atomic E-state index is 12.6. The topological polar surface area (TPSA) is 125 Å². The van der Waals surface area contributed by atoms with Gasteiger partial charge in [-0.05, 0) is 17.5 Å². The minimum Gasteiger partial charge on any atom is -0.354 e. The molecular weight excluding hydrogens is 417 g/mol. The van der Waals surface area contributed by atoms with Crippen molar-refractivity contribution in [1.82, 2.24) is 19.7 Å². The summed E-state index contributed by atoms with van der Waals surface area (Å²) in [6, 6.07) is 3.82. The summed E-state index contributed by atoms with van der Waals surface area (Å²) in [5.74, 6) is -3.75. The first kappa shape index (κ1) is 22.6. The monoisotopic (exact) mass is 436 g/mol. The number of hydrogen-bond donors (Lipinski definition) is 3. The Labute approximate surface area is 164 Å². The van der Waals surface area contributed by atoms with Gasteiger partial charge in [0.25, 0.3) is 0 Å². The Kier molecular flexibility index (Phi) is 6.85. The van der Waals surface area contributed by atoms with Gasteiger partial charge in [-0.3, -0.25) is 14.4 Å². The summed E-state index contributed by atoms with van der Waals surface area (Å²) >= 11 is 0. The molecule has 0 radical (unpaired) electrons. The second-order valence-electron chi connectivity index (χ2n) is 6.24. The molecule has 1 aliphatic rings. The van der Waals surface area contributed by atoms with Crippen LogP contribution in [0.5, 0.6) is 0 Å². The van der Waals surface area contributed by atoms with Crippen LogP contribution in [-0.4, -0.2) is 49.7 Å². The smallest absolute Gasteiger partial charge is 0.354 e. The molecule has 0 bridgehead atoms. The number of nitrogens with one attached hydrogen (secondary N) is 3. The van der Waals surface area contributed by atoms with E-state index < -0.39 is 40.1 Å². The Morgan fingerprint density at radius 3 is 2.34 bits per heavy atom. The number of rotatable bonds is 7. The average molecular weight is 436 g/mol. The van der Waals surface area contributed by atoms with Crippen molar-refractivity contribution in [3.05, 3.63) is 35.4 Å². The standard InChI is InChI=1S/C16H19F3N4O5S/c1-2-7-20-14(25)13(21-15(26)16(17,18)19)11-5-3-10(4-6-11)8-23-9-12(24)22-29(23,27)28/h3-6,13H,2,7-9H2,1H3,(H,20,25)(H,21,26)(H,22,24). The maximum Gasteiger partial charge on any atom is 0.471 e. The number of nitrogens with zero attached hydrogens (tertiary/aromatic N) is 1. The van der Waals surface area contributed by atoms with Gasteiger partial charge in [0.15, 0.2) is 0 Å². The van der Waals surface area contributed by atoms with E-state index in [0.29, 0.717) is 12.0 Å². The van der Waals surface area contributed by atoms with Gasteiger partial charge in [-0.25, -0.2) is 4.72 Å². The van der Waals surface area contributed by atoms with Crippen LogP contribution in [0.1, 0.15) is 30.5 Å². The fourth-order valence-electron chi connectivity index (χ4n) is 2.51. The third-order valence-corrected chi connectivity index (χ3v) is 5.34. The van der Waals surface area contributed by atoms with Gasteiger partial charge in [-0.1, -0.05) is 31.2 Å². The maximum atomic E-state index is 12.6. The summed E-state index contributed by atoms with van der Waals surface area (Å²) in [6.07, 6.45) is -4.62. The van der Waals surface area contributed by atoms with Gasteiger partial charge in [0.1, 0.15) is 6.04 Å². The highest BCUT2D eigenvalue weighted by Gasteiger charge is 2.41. The minimum atomic E-state index is -5.16. The second kappa shape index (κ2) is 8.78. The minimum absolute atomic E-state index is 0.0819. The molecule has 9 nitrogen and oxygen atoms in total. The normalized spacial score (nSPS) is 17.4. The lowest BCUT2D eigenvalue weighted by Gasteiger charge is -2.20. The van der Waals surface area contributed by atoms with E-state index in [2.05, 4.69) is 5.32 Å². The molecule has 0 aliphatic carbocycles. The van der Waals surface area contributed by atoms with E-state index in [9.17, 15) is 36.0 Å². The number of hydrogen-bond acceptors (Lipinski definition) is 5. The third kappa shape index (κ3) is 5.90. The lowest BCUT2D eigenvalue weighted by molar-refractivity contribution is -0.174. The van der Waals surface area contributed by atoms with E-state index in [1.54, 1.807) is 12.2 Å². The van der Waals surface area contributed by atoms with Crippen LogP contribution in [0.25, 0.3) is 0 Å². The zero-order valence-electron chi connectivity index (χ0n) is 15.2. The Balaban J connectivity index is 2.19. The molecule has 2 rings (SSSR count). The number of carbonyl (C=O) groups excluding carboxylic acids is 3. The van der Waals surface area contributed by atoms with Crippen LogP contribution in [0.3, 0.4) is 0 Å². The molecule has 3 N–H and O–H groups in total. The Morgan fingerprint density at radius 2 is 1.86 bits per heavy atom. The number of benzene rings is 1. The molecule has 1 fully saturated rings. The van der Waals surface area contributed by atoms with E-state index in [1.165, 1.54) is 24.3 Å². The molecule has 0 aromatic heterocycles. The van der Waals surface area contributed by atoms with Crippen molar-refractivity contribution in [1.29, 1.82) is 0 Å². The highest BCUT2D eigenvalue weighted by molar-refractivity contribution is 7.88. The van der Waals surface area contributed by atoms with Gasteiger partial charge in [-0.15, -0.1) is 0 Å². The highest BCUT2D eigenvalue weighted by Crippen LogP contribution is 2.21. The quantitative estimate of drug-likeness (QED) is 0.560. The van der Waals surface area contributed by atoms with Crippen LogP contribution in [0.2, 0.25) is 0 Å². The molecule has 29 heavy (non-hydrogen) atoms. The van der Waals surface area contributed by atoms with Crippen LogP contribution in [0, 0.1) is 0 Å². The highest BCUT2D eigenvalue weighted by atomic mass is 32.2. The van der Waals surface area contributed by atoms with Crippen molar-refractivity contribution in [3.63, 3.8) is 0 Å². The zero-order chi connectivity index (χ0) is 21.8. The van der Waals surface area contributed by atoms with Crippen molar-refractivity contribution in [2.24, 2.45) is 0 Å². The molecule has 1 atom stereocenters. The molecule has 0 spiro atoms. The van der Waals surface area contributed by atoms with E-state index in [-0.39, 0.29) is 25.2 Å². The number of halogens is 3. The van der Waals surface area contributed by atoms with Crippen LogP contribution in [-0.2, 0) is 31.1 Å². The summed E-state index contributed by atoms with van der Waals surface area (Å²) in [7, 11) is -3.93. The van der Waals surface area contributed by atoms with E-state index in [1.807, 2.05) is 4.72 Å². The van der Waals surface area contributed by atoms with Gasteiger partial charge in [0, 0.05) is 13.1 Å². The summed E-state index contributed by atoms with van der Waals surface area (Å²) in [6.45, 7) is 1.46. The predicted octanol–water partition coefficient (Wildman–Crippen LogP) is 0.109. The van der Waals surface area contributed by atoms with Crippen molar-refractivity contribution < 1.29 is 36.0 Å². The Bertz CT molecular complexity index is 887. The van der Waals surface area contributed by atoms with Crippen LogP contribution >= 0.6 is 0 Å². The van der Waals surface area contributed by atoms with Gasteiger partial charge < -0.3 is 10.6 Å². The largest absolute Gasteiger partial charge is 0.471 e. The van der Waals surface area contributed by atoms with Gasteiger partial charge in [-0.2, -0.15) is 25.9 Å². The SMILES string of the molecule is CCCNC(=O)C(NC(=O)C(F)(F)F)c1ccc(CN2CC(=O)NS2(=O)=O)cc1. The Morgan fingerprint density at radius 1 is 1.24 bits per heavy atom. The fourth-order valence-corrected chi connectivity index (χ4v) is 3.60. The fraction of sp³-hybridized carbons (Fsp3) is 0.438. The molecule has 160 valence electrons. The first-order valence-corrected chi connectivity index (χ1v) is 9.93. The Hall–Kier alpha value is -2.67. The van der Waals surface area contributed by atoms with Crippen molar-refractivity contribution in [2.75, 3.05) is 13.1 Å². The molecule has 1 aromatic rings. The van der Waals surface area contributed by atoms with Crippen LogP contribution < -0.4 is 15.4 Å². The van der Waals surface area contributed by atoms with E-state index in [0.717, 1.165) is 4.31 Å². The molecule has 1 heterocycles. The number of amides is 3. The first-order valence-electron chi connectivity index (χ1n) is 8.49. The van der Waals surface area contributed by atoms with Crippen molar-refractivity contribution >= 4 is 27.9 Å². The molecule has 0 saturated carbocycles. The van der Waals surface area contributed by atoms with Crippen LogP contribution in [0.15, 0.2) is 24.3 Å². The van der Waals surface area contributed by atoms with E-state index in [4.69, 9.17) is 0 Å². The van der Waals surface area contributed by atoms with Gasteiger partial charge in [0.05, 0.1) is 6.54 Å². The van der Waals surface area contributed by atoms with E-state index >= 15 is 0 Å². The van der Waals surface area contributed by atoms with Crippen molar-refractivity contribution in [3.8, 4) is 0 Å². The molecule has 3 amide bonds. The molecule has 13 heteroatoms. The average Bonchev–Trinajstić information content (AvgIpc) is 2.88. The lowest BCUT2D eigenvalue weighted by Crippen LogP contribution is -2.45. The number of alkyl halides is 3. The van der Waals surface area contributed by atoms with Crippen molar-refractivity contribution in [2.45, 2.75) is 32.1 Å². The van der Waals surface area contributed by atoms with Crippen LogP contribution in [0.4, 0.5) is 13.2 Å². The van der Waals surface area contributed by atoms with Gasteiger partial charge in [0.2, 0.25) is 11.8 Å². The summed E-state index contributed by atoms with van der Waals surface area (Å²) in [4.78, 5) is 34.8. The predicted molar refractivity (Wildman–Crippen MR) is 94.2 cm³/mol. The summed E-state index contributed by atoms with van der Waals surface area (Å²) in [5, 5.41) is 4.08. The van der Waals surface area contributed by atoms with Gasteiger partial charge >= 0.3 is 22.3 Å². The zero-order valence-corrected chi connectivity index (χ0v) is 16.1. The summed E-state index contributed by atoms with van der Waals surface area (Å²) in [5.41, 5.74) is 0.516.